The van der Waals surface area contributed by atoms with Crippen molar-refractivity contribution in [2.75, 3.05) is 6.54 Å². The minimum atomic E-state index is -0.498. The Morgan fingerprint density at radius 1 is 1.45 bits per heavy atom. The zero-order chi connectivity index (χ0) is 16.0. The number of ether oxygens (including phenoxy) is 1. The quantitative estimate of drug-likeness (QED) is 0.803. The van der Waals surface area contributed by atoms with Gasteiger partial charge in [-0.3, -0.25) is 14.4 Å². The van der Waals surface area contributed by atoms with Gasteiger partial charge in [-0.15, -0.1) is 0 Å². The maximum atomic E-state index is 12.5. The highest BCUT2D eigenvalue weighted by Crippen LogP contribution is 2.36. The molecule has 0 N–H and O–H groups in total. The summed E-state index contributed by atoms with van der Waals surface area (Å²) >= 11 is 0. The highest BCUT2D eigenvalue weighted by Gasteiger charge is 2.49. The van der Waals surface area contributed by atoms with E-state index in [4.69, 9.17) is 4.74 Å². The van der Waals surface area contributed by atoms with Crippen molar-refractivity contribution in [1.29, 1.82) is 0 Å². The molecule has 1 atom stereocenters. The predicted molar refractivity (Wildman–Crippen MR) is 84.4 cm³/mol. The summed E-state index contributed by atoms with van der Waals surface area (Å²) in [5, 5.41) is 4.48. The van der Waals surface area contributed by atoms with E-state index in [1.54, 1.807) is 0 Å². The third kappa shape index (κ3) is 2.78. The van der Waals surface area contributed by atoms with Crippen LogP contribution in [-0.2, 0) is 16.1 Å². The van der Waals surface area contributed by atoms with Crippen LogP contribution in [-0.4, -0.2) is 38.3 Å². The Labute approximate surface area is 132 Å². The highest BCUT2D eigenvalue weighted by molar-refractivity contribution is 5.81. The highest BCUT2D eigenvalue weighted by atomic mass is 16.6. The first-order chi connectivity index (χ1) is 10.3. The topological polar surface area (TPSA) is 47.4 Å². The minimum absolute atomic E-state index is 0.110. The van der Waals surface area contributed by atoms with E-state index in [-0.39, 0.29) is 5.97 Å². The Morgan fingerprint density at radius 2 is 2.18 bits per heavy atom. The van der Waals surface area contributed by atoms with Gasteiger partial charge >= 0.3 is 5.97 Å². The summed E-state index contributed by atoms with van der Waals surface area (Å²) in [6.45, 7) is 9.46. The van der Waals surface area contributed by atoms with E-state index in [0.29, 0.717) is 6.04 Å². The van der Waals surface area contributed by atoms with Crippen LogP contribution in [0.25, 0.3) is 0 Å². The van der Waals surface area contributed by atoms with E-state index >= 15 is 0 Å². The van der Waals surface area contributed by atoms with Crippen molar-refractivity contribution in [3.05, 3.63) is 18.0 Å². The molecule has 2 heterocycles. The lowest BCUT2D eigenvalue weighted by atomic mass is 9.86. The molecule has 0 amide bonds. The fourth-order valence-electron chi connectivity index (χ4n) is 3.10. The molecule has 0 bridgehead atoms. The van der Waals surface area contributed by atoms with Crippen LogP contribution in [0.15, 0.2) is 12.3 Å². The van der Waals surface area contributed by atoms with Gasteiger partial charge in [0.25, 0.3) is 0 Å². The van der Waals surface area contributed by atoms with Gasteiger partial charge in [0.05, 0.1) is 11.7 Å². The van der Waals surface area contributed by atoms with Gasteiger partial charge in [0.15, 0.2) is 0 Å². The maximum absolute atomic E-state index is 12.5. The second-order valence-electron chi connectivity index (χ2n) is 7.80. The van der Waals surface area contributed by atoms with Crippen molar-refractivity contribution in [2.45, 2.75) is 77.1 Å². The van der Waals surface area contributed by atoms with Gasteiger partial charge in [0.1, 0.15) is 11.1 Å². The first kappa shape index (κ1) is 15.5. The van der Waals surface area contributed by atoms with Crippen molar-refractivity contribution in [1.82, 2.24) is 14.7 Å². The molecular weight excluding hydrogens is 278 g/mol. The lowest BCUT2D eigenvalue weighted by molar-refractivity contribution is -0.178. The van der Waals surface area contributed by atoms with Crippen LogP contribution in [0.4, 0.5) is 0 Å². The smallest absolute Gasteiger partial charge is 0.326 e. The van der Waals surface area contributed by atoms with Crippen molar-refractivity contribution >= 4 is 5.97 Å². The summed E-state index contributed by atoms with van der Waals surface area (Å²) in [6, 6.07) is 2.63. The maximum Gasteiger partial charge on any atom is 0.326 e. The molecule has 2 aliphatic rings. The molecule has 3 rings (SSSR count). The molecule has 22 heavy (non-hydrogen) atoms. The van der Waals surface area contributed by atoms with Crippen LogP contribution in [0.5, 0.6) is 0 Å². The number of rotatable bonds is 4. The van der Waals surface area contributed by atoms with Gasteiger partial charge in [0, 0.05) is 19.3 Å². The molecule has 1 aromatic heterocycles. The minimum Gasteiger partial charge on any atom is -0.459 e. The molecule has 1 saturated heterocycles. The van der Waals surface area contributed by atoms with E-state index in [1.165, 1.54) is 25.0 Å². The molecule has 5 heteroatoms. The Balaban J connectivity index is 1.68. The Morgan fingerprint density at radius 3 is 2.68 bits per heavy atom. The van der Waals surface area contributed by atoms with E-state index in [0.717, 1.165) is 19.5 Å². The molecule has 0 radical (unpaired) electrons. The van der Waals surface area contributed by atoms with Crippen molar-refractivity contribution in [3.63, 3.8) is 0 Å². The second-order valence-corrected chi connectivity index (χ2v) is 7.80. The van der Waals surface area contributed by atoms with E-state index in [1.807, 2.05) is 33.9 Å². The molecule has 2 fully saturated rings. The SMILES string of the molecule is CC(C)(C)OC(=O)C1(C)CCN1Cc1ccnn1C1CCC1. The Kier molecular flexibility index (Phi) is 3.79. The van der Waals surface area contributed by atoms with Gasteiger partial charge in [-0.1, -0.05) is 0 Å². The van der Waals surface area contributed by atoms with Crippen LogP contribution in [0.3, 0.4) is 0 Å². The van der Waals surface area contributed by atoms with Crippen LogP contribution in [0.2, 0.25) is 0 Å². The molecular formula is C17H27N3O2. The molecule has 1 unspecified atom stereocenters. The predicted octanol–water partition coefficient (Wildman–Crippen LogP) is 2.91. The van der Waals surface area contributed by atoms with Crippen LogP contribution < -0.4 is 0 Å². The van der Waals surface area contributed by atoms with Crippen molar-refractivity contribution in [2.24, 2.45) is 0 Å². The fourth-order valence-corrected chi connectivity index (χ4v) is 3.10. The first-order valence-electron chi connectivity index (χ1n) is 8.30. The zero-order valence-corrected chi connectivity index (χ0v) is 14.1. The molecule has 1 saturated carbocycles. The summed E-state index contributed by atoms with van der Waals surface area (Å²) in [4.78, 5) is 14.7. The lowest BCUT2D eigenvalue weighted by Gasteiger charge is -2.49. The van der Waals surface area contributed by atoms with Gasteiger partial charge in [-0.05, 0) is 59.4 Å². The summed E-state index contributed by atoms with van der Waals surface area (Å²) in [7, 11) is 0. The van der Waals surface area contributed by atoms with Crippen LogP contribution >= 0.6 is 0 Å². The van der Waals surface area contributed by atoms with E-state index in [9.17, 15) is 4.79 Å². The van der Waals surface area contributed by atoms with Gasteiger partial charge in [-0.2, -0.15) is 5.10 Å². The average molecular weight is 305 g/mol. The van der Waals surface area contributed by atoms with Crippen molar-refractivity contribution in [3.8, 4) is 0 Å². The standard InChI is InChI=1S/C17H27N3O2/c1-16(2,3)22-15(21)17(4)9-11-19(17)12-14-8-10-18-20(14)13-6-5-7-13/h8,10,13H,5-7,9,11-12H2,1-4H3. The third-order valence-electron chi connectivity index (χ3n) is 4.93. The largest absolute Gasteiger partial charge is 0.459 e. The molecule has 0 spiro atoms. The number of hydrogen-bond donors (Lipinski definition) is 0. The molecule has 1 aliphatic heterocycles. The molecule has 5 nitrogen and oxygen atoms in total. The monoisotopic (exact) mass is 305 g/mol. The second kappa shape index (κ2) is 5.37. The zero-order valence-electron chi connectivity index (χ0n) is 14.1. The number of carbonyl (C=O) groups is 1. The Bertz CT molecular complexity index is 556. The number of likely N-dealkylation sites (tertiary alicyclic amines) is 1. The summed E-state index contributed by atoms with van der Waals surface area (Å²) in [5.74, 6) is -0.110. The first-order valence-corrected chi connectivity index (χ1v) is 8.30. The molecule has 0 aromatic carbocycles. The van der Waals surface area contributed by atoms with E-state index < -0.39 is 11.1 Å². The average Bonchev–Trinajstić information content (AvgIpc) is 2.77. The third-order valence-corrected chi connectivity index (χ3v) is 4.93. The van der Waals surface area contributed by atoms with Crippen LogP contribution in [0, 0.1) is 0 Å². The molecule has 1 aliphatic carbocycles. The van der Waals surface area contributed by atoms with Crippen LogP contribution in [0.1, 0.15) is 65.1 Å². The lowest BCUT2D eigenvalue weighted by Crippen LogP contribution is -2.63. The Hall–Kier alpha value is -1.36. The fraction of sp³-hybridized carbons (Fsp3) is 0.765. The number of hydrogen-bond acceptors (Lipinski definition) is 4. The normalized spacial score (nSPS) is 26.4. The molecule has 1 aromatic rings. The van der Waals surface area contributed by atoms with Gasteiger partial charge in [-0.25, -0.2) is 0 Å². The number of aromatic nitrogens is 2. The molecule has 122 valence electrons. The van der Waals surface area contributed by atoms with Gasteiger partial charge in [0.2, 0.25) is 0 Å². The summed E-state index contributed by atoms with van der Waals surface area (Å²) in [5.41, 5.74) is 0.274. The van der Waals surface area contributed by atoms with Crippen molar-refractivity contribution < 1.29 is 9.53 Å². The summed E-state index contributed by atoms with van der Waals surface area (Å²) < 4.78 is 7.75. The van der Waals surface area contributed by atoms with Gasteiger partial charge < -0.3 is 4.74 Å². The number of carbonyl (C=O) groups excluding carboxylic acids is 1. The van der Waals surface area contributed by atoms with E-state index in [2.05, 4.69) is 20.7 Å². The summed E-state index contributed by atoms with van der Waals surface area (Å²) in [6.07, 6.45) is 6.47. The number of esters is 1. The number of nitrogens with zero attached hydrogens (tertiary/aromatic N) is 3.